The minimum Gasteiger partial charge on any atom is -0.326 e. The molecule has 0 aromatic heterocycles. The lowest BCUT2D eigenvalue weighted by molar-refractivity contribution is -0.115. The zero-order valence-corrected chi connectivity index (χ0v) is 12.3. The minimum absolute atomic E-state index is 0.0756. The van der Waals surface area contributed by atoms with Crippen LogP contribution in [0.5, 0.6) is 0 Å². The highest BCUT2D eigenvalue weighted by atomic mass is 35.5. The highest BCUT2D eigenvalue weighted by molar-refractivity contribution is 6.31. The molecule has 0 aliphatic carbocycles. The van der Waals surface area contributed by atoms with Crippen LogP contribution in [0.4, 0.5) is 11.4 Å². The van der Waals surface area contributed by atoms with Crippen LogP contribution >= 0.6 is 11.6 Å². The number of carbonyl (C=O) groups is 2. The van der Waals surface area contributed by atoms with Crippen LogP contribution in [0.2, 0.25) is 5.02 Å². The summed E-state index contributed by atoms with van der Waals surface area (Å²) >= 11 is 5.86. The Morgan fingerprint density at radius 2 is 1.67 bits per heavy atom. The summed E-state index contributed by atoms with van der Waals surface area (Å²) in [6.07, 6.45) is 0.402. The summed E-state index contributed by atoms with van der Waals surface area (Å²) in [7, 11) is 0. The molecule has 0 aliphatic heterocycles. The van der Waals surface area contributed by atoms with E-state index in [1.807, 2.05) is 0 Å². The van der Waals surface area contributed by atoms with E-state index in [2.05, 4.69) is 10.6 Å². The van der Waals surface area contributed by atoms with Gasteiger partial charge in [-0.1, -0.05) is 30.7 Å². The third-order valence-corrected chi connectivity index (χ3v) is 3.05. The predicted molar refractivity (Wildman–Crippen MR) is 84.8 cm³/mol. The lowest BCUT2D eigenvalue weighted by Gasteiger charge is -2.08. The molecule has 0 spiro atoms. The first kappa shape index (κ1) is 15.1. The molecule has 4 nitrogen and oxygen atoms in total. The van der Waals surface area contributed by atoms with E-state index in [0.29, 0.717) is 28.4 Å². The van der Waals surface area contributed by atoms with Crippen LogP contribution in [0, 0.1) is 0 Å². The average Bonchev–Trinajstić information content (AvgIpc) is 2.47. The van der Waals surface area contributed by atoms with Gasteiger partial charge in [0.05, 0.1) is 0 Å². The minimum atomic E-state index is -0.253. The van der Waals surface area contributed by atoms with Crippen molar-refractivity contribution in [1.29, 1.82) is 0 Å². The molecule has 0 aliphatic rings. The van der Waals surface area contributed by atoms with E-state index < -0.39 is 0 Å². The van der Waals surface area contributed by atoms with Gasteiger partial charge in [-0.15, -0.1) is 0 Å². The largest absolute Gasteiger partial charge is 0.326 e. The molecule has 2 rings (SSSR count). The predicted octanol–water partition coefficient (Wildman–Crippen LogP) is 3.94. The maximum atomic E-state index is 12.1. The van der Waals surface area contributed by atoms with Crippen molar-refractivity contribution in [2.75, 3.05) is 10.6 Å². The fourth-order valence-electron chi connectivity index (χ4n) is 1.76. The van der Waals surface area contributed by atoms with E-state index in [0.717, 1.165) is 0 Å². The van der Waals surface area contributed by atoms with Gasteiger partial charge in [0.2, 0.25) is 5.91 Å². The van der Waals surface area contributed by atoms with Crippen molar-refractivity contribution >= 4 is 34.8 Å². The smallest absolute Gasteiger partial charge is 0.255 e. The van der Waals surface area contributed by atoms with Crippen molar-refractivity contribution in [2.45, 2.75) is 13.3 Å². The molecule has 2 amide bonds. The van der Waals surface area contributed by atoms with E-state index >= 15 is 0 Å². The van der Waals surface area contributed by atoms with Crippen LogP contribution in [-0.4, -0.2) is 11.8 Å². The third kappa shape index (κ3) is 4.33. The topological polar surface area (TPSA) is 58.2 Å². The molecule has 108 valence electrons. The zero-order valence-electron chi connectivity index (χ0n) is 11.5. The summed E-state index contributed by atoms with van der Waals surface area (Å²) in [5.41, 5.74) is 1.73. The first-order chi connectivity index (χ1) is 10.1. The van der Waals surface area contributed by atoms with Crippen molar-refractivity contribution in [3.05, 3.63) is 59.1 Å². The highest BCUT2D eigenvalue weighted by Gasteiger charge is 2.07. The molecule has 0 saturated heterocycles. The van der Waals surface area contributed by atoms with Gasteiger partial charge in [-0.2, -0.15) is 0 Å². The van der Waals surface area contributed by atoms with Crippen LogP contribution in [-0.2, 0) is 4.79 Å². The molecule has 0 heterocycles. The normalized spacial score (nSPS) is 10.0. The Balaban J connectivity index is 2.11. The molecular weight excluding hydrogens is 288 g/mol. The standard InChI is InChI=1S/C16H15ClN2O2/c1-2-15(20)18-13-7-4-8-14(10-13)19-16(21)11-5-3-6-12(17)9-11/h3-10H,2H2,1H3,(H,18,20)(H,19,21). The van der Waals surface area contributed by atoms with Crippen LogP contribution in [0.1, 0.15) is 23.7 Å². The Labute approximate surface area is 128 Å². The van der Waals surface area contributed by atoms with Gasteiger partial charge in [-0.25, -0.2) is 0 Å². The summed E-state index contributed by atoms with van der Waals surface area (Å²) in [6.45, 7) is 1.78. The van der Waals surface area contributed by atoms with Crippen molar-refractivity contribution in [2.24, 2.45) is 0 Å². The average molecular weight is 303 g/mol. The fourth-order valence-corrected chi connectivity index (χ4v) is 1.95. The Morgan fingerprint density at radius 3 is 2.33 bits per heavy atom. The molecule has 2 aromatic carbocycles. The Morgan fingerprint density at radius 1 is 1.00 bits per heavy atom. The summed E-state index contributed by atoms with van der Waals surface area (Å²) in [5, 5.41) is 6.02. The molecule has 2 N–H and O–H groups in total. The number of rotatable bonds is 4. The Hall–Kier alpha value is -2.33. The maximum Gasteiger partial charge on any atom is 0.255 e. The van der Waals surface area contributed by atoms with Gasteiger partial charge in [0.25, 0.3) is 5.91 Å². The van der Waals surface area contributed by atoms with Crippen molar-refractivity contribution in [3.63, 3.8) is 0 Å². The highest BCUT2D eigenvalue weighted by Crippen LogP contribution is 2.17. The van der Waals surface area contributed by atoms with E-state index in [1.54, 1.807) is 55.5 Å². The molecule has 0 radical (unpaired) electrons. The van der Waals surface area contributed by atoms with E-state index in [4.69, 9.17) is 11.6 Å². The second-order valence-corrected chi connectivity index (χ2v) is 4.88. The van der Waals surface area contributed by atoms with Gasteiger partial charge in [-0.3, -0.25) is 9.59 Å². The first-order valence-corrected chi connectivity index (χ1v) is 6.93. The van der Waals surface area contributed by atoms with Crippen molar-refractivity contribution in [1.82, 2.24) is 0 Å². The quantitative estimate of drug-likeness (QED) is 0.898. The molecule has 5 heteroatoms. The molecule has 2 aromatic rings. The van der Waals surface area contributed by atoms with Crippen LogP contribution < -0.4 is 10.6 Å². The number of carbonyl (C=O) groups excluding carboxylic acids is 2. The number of hydrogen-bond donors (Lipinski definition) is 2. The number of hydrogen-bond acceptors (Lipinski definition) is 2. The van der Waals surface area contributed by atoms with Crippen LogP contribution in [0.3, 0.4) is 0 Å². The molecule has 0 saturated carbocycles. The summed E-state index contributed by atoms with van der Waals surface area (Å²) in [6, 6.07) is 13.7. The number of halogens is 1. The van der Waals surface area contributed by atoms with Gasteiger partial charge in [0.15, 0.2) is 0 Å². The van der Waals surface area contributed by atoms with Crippen molar-refractivity contribution < 1.29 is 9.59 Å². The molecular formula is C16H15ClN2O2. The monoisotopic (exact) mass is 302 g/mol. The van der Waals surface area contributed by atoms with Crippen LogP contribution in [0.15, 0.2) is 48.5 Å². The third-order valence-electron chi connectivity index (χ3n) is 2.81. The Kier molecular flexibility index (Phi) is 4.95. The number of benzene rings is 2. The number of nitrogens with one attached hydrogen (secondary N) is 2. The first-order valence-electron chi connectivity index (χ1n) is 6.55. The summed E-state index contributed by atoms with van der Waals surface area (Å²) in [4.78, 5) is 23.5. The zero-order chi connectivity index (χ0) is 15.2. The van der Waals surface area contributed by atoms with Gasteiger partial charge in [0, 0.05) is 28.4 Å². The van der Waals surface area contributed by atoms with Gasteiger partial charge in [0.1, 0.15) is 0 Å². The molecule has 0 bridgehead atoms. The van der Waals surface area contributed by atoms with E-state index in [1.165, 1.54) is 0 Å². The lowest BCUT2D eigenvalue weighted by atomic mass is 10.2. The fraction of sp³-hybridized carbons (Fsp3) is 0.125. The van der Waals surface area contributed by atoms with E-state index in [-0.39, 0.29) is 11.8 Å². The Bertz CT molecular complexity index is 671. The molecule has 0 unspecified atom stereocenters. The second-order valence-electron chi connectivity index (χ2n) is 4.45. The van der Waals surface area contributed by atoms with E-state index in [9.17, 15) is 9.59 Å². The van der Waals surface area contributed by atoms with Gasteiger partial charge >= 0.3 is 0 Å². The summed E-state index contributed by atoms with van der Waals surface area (Å²) in [5.74, 6) is -0.329. The van der Waals surface area contributed by atoms with Crippen LogP contribution in [0.25, 0.3) is 0 Å². The SMILES string of the molecule is CCC(=O)Nc1cccc(NC(=O)c2cccc(Cl)c2)c1. The number of anilines is 2. The maximum absolute atomic E-state index is 12.1. The lowest BCUT2D eigenvalue weighted by Crippen LogP contribution is -2.13. The van der Waals surface area contributed by atoms with Gasteiger partial charge < -0.3 is 10.6 Å². The molecule has 0 fully saturated rings. The molecule has 0 atom stereocenters. The van der Waals surface area contributed by atoms with Crippen molar-refractivity contribution in [3.8, 4) is 0 Å². The number of amides is 2. The van der Waals surface area contributed by atoms with Gasteiger partial charge in [-0.05, 0) is 36.4 Å². The molecule has 21 heavy (non-hydrogen) atoms. The second kappa shape index (κ2) is 6.90. The summed E-state index contributed by atoms with van der Waals surface area (Å²) < 4.78 is 0.